The van der Waals surface area contributed by atoms with Gasteiger partial charge >= 0.3 is 0 Å². The molecular weight excluding hydrogens is 364 g/mol. The number of ketones is 1. The summed E-state index contributed by atoms with van der Waals surface area (Å²) in [6, 6.07) is 8.00. The van der Waals surface area contributed by atoms with Gasteiger partial charge in [-0.1, -0.05) is 30.7 Å². The number of hydrogen-bond donors (Lipinski definition) is 2. The fraction of sp³-hybridized carbons (Fsp3) is 0.652. The van der Waals surface area contributed by atoms with Gasteiger partial charge in [-0.25, -0.2) is 0 Å². The molecule has 0 bridgehead atoms. The van der Waals surface area contributed by atoms with Gasteiger partial charge in [0, 0.05) is 44.1 Å². The molecule has 1 amide bonds. The van der Waals surface area contributed by atoms with Gasteiger partial charge in [-0.2, -0.15) is 0 Å². The first-order valence-electron chi connectivity index (χ1n) is 11.2. The number of Topliss-reactive ketones (excluding diaryl/α,β-unsaturated/α-hetero) is 1. The molecule has 6 heteroatoms. The van der Waals surface area contributed by atoms with Crippen LogP contribution in [0.1, 0.15) is 54.4 Å². The van der Waals surface area contributed by atoms with E-state index in [9.17, 15) is 9.59 Å². The van der Waals surface area contributed by atoms with E-state index < -0.39 is 0 Å². The van der Waals surface area contributed by atoms with Crippen LogP contribution in [0.25, 0.3) is 0 Å². The molecule has 2 heterocycles. The van der Waals surface area contributed by atoms with Crippen molar-refractivity contribution in [2.45, 2.75) is 45.1 Å². The highest BCUT2D eigenvalue weighted by atomic mass is 16.1. The number of nitrogens with two attached hydrogens (primary N) is 1. The van der Waals surface area contributed by atoms with Gasteiger partial charge in [0.15, 0.2) is 5.78 Å². The molecule has 2 aliphatic heterocycles. The number of benzene rings is 1. The van der Waals surface area contributed by atoms with Crippen LogP contribution in [-0.2, 0) is 11.3 Å². The summed E-state index contributed by atoms with van der Waals surface area (Å²) in [5, 5.41) is 3.41. The summed E-state index contributed by atoms with van der Waals surface area (Å²) in [5.41, 5.74) is 7.40. The first-order valence-corrected chi connectivity index (χ1v) is 11.2. The third kappa shape index (κ3) is 7.21. The predicted octanol–water partition coefficient (Wildman–Crippen LogP) is 2.03. The second-order valence-electron chi connectivity index (χ2n) is 8.48. The average molecular weight is 401 g/mol. The molecule has 160 valence electrons. The maximum atomic E-state index is 12.4. The lowest BCUT2D eigenvalue weighted by Crippen LogP contribution is -2.38. The van der Waals surface area contributed by atoms with Crippen LogP contribution in [0.15, 0.2) is 24.3 Å². The van der Waals surface area contributed by atoms with Crippen LogP contribution in [-0.4, -0.2) is 67.3 Å². The van der Waals surface area contributed by atoms with Gasteiger partial charge in [-0.15, -0.1) is 0 Å². The van der Waals surface area contributed by atoms with Crippen LogP contribution in [0.2, 0.25) is 0 Å². The molecule has 3 N–H and O–H groups in total. The van der Waals surface area contributed by atoms with E-state index in [-0.39, 0.29) is 17.6 Å². The van der Waals surface area contributed by atoms with E-state index in [0.717, 1.165) is 57.7 Å². The van der Waals surface area contributed by atoms with Crippen LogP contribution in [0.3, 0.4) is 0 Å². The highest BCUT2D eigenvalue weighted by Gasteiger charge is 2.23. The molecule has 1 aromatic rings. The number of hydrogen-bond acceptors (Lipinski definition) is 5. The Morgan fingerprint density at radius 1 is 0.931 bits per heavy atom. The Kier molecular flexibility index (Phi) is 8.65. The van der Waals surface area contributed by atoms with Crippen molar-refractivity contribution in [2.75, 3.05) is 45.8 Å². The summed E-state index contributed by atoms with van der Waals surface area (Å²) >= 11 is 0. The first kappa shape index (κ1) is 21.9. The summed E-state index contributed by atoms with van der Waals surface area (Å²) in [5.74, 6) is 0.0532. The molecule has 1 aromatic carbocycles. The van der Waals surface area contributed by atoms with Gasteiger partial charge in [0.2, 0.25) is 5.91 Å². The van der Waals surface area contributed by atoms with Crippen LogP contribution in [0.4, 0.5) is 0 Å². The maximum Gasteiger partial charge on any atom is 0.220 e. The number of nitrogens with one attached hydrogen (secondary N) is 1. The van der Waals surface area contributed by atoms with E-state index in [1.54, 1.807) is 0 Å². The molecule has 0 radical (unpaired) electrons. The Morgan fingerprint density at radius 3 is 2.28 bits per heavy atom. The lowest BCUT2D eigenvalue weighted by molar-refractivity contribution is -0.123. The molecule has 6 nitrogen and oxygen atoms in total. The fourth-order valence-corrected chi connectivity index (χ4v) is 4.32. The molecule has 2 saturated heterocycles. The van der Waals surface area contributed by atoms with Crippen molar-refractivity contribution in [3.8, 4) is 0 Å². The molecule has 0 aliphatic carbocycles. The lowest BCUT2D eigenvalue weighted by Gasteiger charge is -2.30. The van der Waals surface area contributed by atoms with Crippen molar-refractivity contribution in [3.63, 3.8) is 0 Å². The SMILES string of the molecule is NC(=O)C1CCN(Cc2ccc(C(=O)CCNCCN3CCCCC3)cc2)CC1. The van der Waals surface area contributed by atoms with E-state index >= 15 is 0 Å². The second-order valence-corrected chi connectivity index (χ2v) is 8.48. The van der Waals surface area contributed by atoms with Gasteiger partial charge in [0.25, 0.3) is 0 Å². The number of nitrogens with zero attached hydrogens (tertiary/aromatic N) is 2. The molecule has 0 aromatic heterocycles. The van der Waals surface area contributed by atoms with E-state index in [1.807, 2.05) is 12.1 Å². The standard InChI is InChI=1S/C23H36N4O2/c24-23(29)21-9-15-27(16-10-21)18-19-4-6-20(7-5-19)22(28)8-11-25-12-17-26-13-2-1-3-14-26/h4-7,21,25H,1-3,8-18H2,(H2,24,29). The van der Waals surface area contributed by atoms with Crippen molar-refractivity contribution in [1.82, 2.24) is 15.1 Å². The minimum absolute atomic E-state index is 0.0275. The Hall–Kier alpha value is -1.76. The van der Waals surface area contributed by atoms with Gasteiger partial charge < -0.3 is 16.0 Å². The second kappa shape index (κ2) is 11.4. The van der Waals surface area contributed by atoms with Crippen molar-refractivity contribution in [3.05, 3.63) is 35.4 Å². The van der Waals surface area contributed by atoms with Gasteiger partial charge in [-0.3, -0.25) is 14.5 Å². The first-order chi connectivity index (χ1) is 14.1. The van der Waals surface area contributed by atoms with E-state index in [1.165, 1.54) is 37.9 Å². The largest absolute Gasteiger partial charge is 0.369 e. The van der Waals surface area contributed by atoms with Gasteiger partial charge in [-0.05, 0) is 57.4 Å². The molecule has 0 saturated carbocycles. The lowest BCUT2D eigenvalue weighted by atomic mass is 9.96. The molecule has 29 heavy (non-hydrogen) atoms. The summed E-state index contributed by atoms with van der Waals surface area (Å²) in [4.78, 5) is 28.5. The van der Waals surface area contributed by atoms with E-state index in [0.29, 0.717) is 6.42 Å². The molecular formula is C23H36N4O2. The number of piperidine rings is 2. The zero-order valence-electron chi connectivity index (χ0n) is 17.6. The smallest absolute Gasteiger partial charge is 0.220 e. The number of rotatable bonds is 10. The predicted molar refractivity (Wildman–Crippen MR) is 116 cm³/mol. The quantitative estimate of drug-likeness (QED) is 0.464. The zero-order chi connectivity index (χ0) is 20.5. The minimum Gasteiger partial charge on any atom is -0.369 e. The zero-order valence-corrected chi connectivity index (χ0v) is 17.6. The highest BCUT2D eigenvalue weighted by Crippen LogP contribution is 2.19. The van der Waals surface area contributed by atoms with Crippen LogP contribution in [0, 0.1) is 5.92 Å². The summed E-state index contributed by atoms with van der Waals surface area (Å²) in [6.45, 7) is 7.88. The van der Waals surface area contributed by atoms with Gasteiger partial charge in [0.1, 0.15) is 0 Å². The number of primary amides is 1. The highest BCUT2D eigenvalue weighted by molar-refractivity contribution is 5.96. The number of carbonyl (C=O) groups is 2. The van der Waals surface area contributed by atoms with E-state index in [4.69, 9.17) is 5.73 Å². The number of likely N-dealkylation sites (tertiary alicyclic amines) is 2. The fourth-order valence-electron chi connectivity index (χ4n) is 4.32. The van der Waals surface area contributed by atoms with Crippen molar-refractivity contribution in [2.24, 2.45) is 11.7 Å². The maximum absolute atomic E-state index is 12.4. The number of carbonyl (C=O) groups excluding carboxylic acids is 2. The minimum atomic E-state index is -0.173. The third-order valence-corrected chi connectivity index (χ3v) is 6.25. The average Bonchev–Trinajstić information content (AvgIpc) is 2.75. The molecule has 0 atom stereocenters. The Bertz CT molecular complexity index is 647. The molecule has 3 rings (SSSR count). The molecule has 2 aliphatic rings. The molecule has 0 unspecified atom stereocenters. The molecule has 0 spiro atoms. The topological polar surface area (TPSA) is 78.7 Å². The number of amides is 1. The van der Waals surface area contributed by atoms with Crippen LogP contribution < -0.4 is 11.1 Å². The van der Waals surface area contributed by atoms with Crippen LogP contribution >= 0.6 is 0 Å². The molecule has 2 fully saturated rings. The summed E-state index contributed by atoms with van der Waals surface area (Å²) < 4.78 is 0. The van der Waals surface area contributed by atoms with Gasteiger partial charge in [0.05, 0.1) is 0 Å². The van der Waals surface area contributed by atoms with E-state index in [2.05, 4.69) is 27.2 Å². The monoisotopic (exact) mass is 400 g/mol. The Balaban J connectivity index is 1.32. The Morgan fingerprint density at radius 2 is 1.62 bits per heavy atom. The summed E-state index contributed by atoms with van der Waals surface area (Å²) in [6.07, 6.45) is 6.23. The third-order valence-electron chi connectivity index (χ3n) is 6.25. The van der Waals surface area contributed by atoms with Crippen molar-refractivity contribution < 1.29 is 9.59 Å². The van der Waals surface area contributed by atoms with Crippen LogP contribution in [0.5, 0.6) is 0 Å². The summed E-state index contributed by atoms with van der Waals surface area (Å²) in [7, 11) is 0. The van der Waals surface area contributed by atoms with Crippen molar-refractivity contribution in [1.29, 1.82) is 0 Å². The normalized spacial score (nSPS) is 19.3. The van der Waals surface area contributed by atoms with Crippen molar-refractivity contribution >= 4 is 11.7 Å². The Labute approximate surface area is 174 Å².